The van der Waals surface area contributed by atoms with Gasteiger partial charge in [-0.15, -0.1) is 0 Å². The molecular weight excluding hydrogens is 324 g/mol. The van der Waals surface area contributed by atoms with Crippen LogP contribution in [0.4, 0.5) is 5.69 Å². The summed E-state index contributed by atoms with van der Waals surface area (Å²) >= 11 is 6.08. The standard InChI is InChI=1S/C19H23ClN2O2/c1-4-17(24-18-8-6-5-7-16(18)20)19(23)21-13-14-9-11-15(12-10-14)22(2)3/h5-12,17H,4,13H2,1-3H3,(H,21,23). The zero-order valence-corrected chi connectivity index (χ0v) is 15.0. The van der Waals surface area contributed by atoms with Crippen LogP contribution in [-0.2, 0) is 11.3 Å². The van der Waals surface area contributed by atoms with Gasteiger partial charge in [-0.3, -0.25) is 4.79 Å². The number of nitrogens with zero attached hydrogens (tertiary/aromatic N) is 1. The predicted molar refractivity (Wildman–Crippen MR) is 98.8 cm³/mol. The quantitative estimate of drug-likeness (QED) is 0.827. The summed E-state index contributed by atoms with van der Waals surface area (Å²) in [5, 5.41) is 3.42. The summed E-state index contributed by atoms with van der Waals surface area (Å²) in [7, 11) is 3.99. The Morgan fingerprint density at radius 3 is 2.42 bits per heavy atom. The topological polar surface area (TPSA) is 41.6 Å². The number of amides is 1. The molecule has 1 amide bonds. The van der Waals surface area contributed by atoms with Gasteiger partial charge in [0.15, 0.2) is 6.10 Å². The van der Waals surface area contributed by atoms with Crippen LogP contribution in [-0.4, -0.2) is 26.1 Å². The second-order valence-electron chi connectivity index (χ2n) is 5.72. The number of carbonyl (C=O) groups is 1. The van der Waals surface area contributed by atoms with Crippen molar-refractivity contribution in [3.63, 3.8) is 0 Å². The second kappa shape index (κ2) is 8.60. The van der Waals surface area contributed by atoms with Gasteiger partial charge in [0.2, 0.25) is 0 Å². The number of hydrogen-bond acceptors (Lipinski definition) is 3. The van der Waals surface area contributed by atoms with E-state index >= 15 is 0 Å². The maximum Gasteiger partial charge on any atom is 0.261 e. The molecule has 0 radical (unpaired) electrons. The molecule has 4 nitrogen and oxygen atoms in total. The zero-order valence-electron chi connectivity index (χ0n) is 14.3. The van der Waals surface area contributed by atoms with Crippen LogP contribution >= 0.6 is 11.6 Å². The summed E-state index contributed by atoms with van der Waals surface area (Å²) in [6.45, 7) is 2.38. The molecule has 0 spiro atoms. The molecule has 2 rings (SSSR count). The zero-order chi connectivity index (χ0) is 17.5. The molecule has 0 aliphatic carbocycles. The Morgan fingerprint density at radius 2 is 1.83 bits per heavy atom. The van der Waals surface area contributed by atoms with Crippen LogP contribution in [0.5, 0.6) is 5.75 Å². The molecule has 0 fully saturated rings. The van der Waals surface area contributed by atoms with E-state index < -0.39 is 6.10 Å². The molecule has 24 heavy (non-hydrogen) atoms. The van der Waals surface area contributed by atoms with Crippen LogP contribution < -0.4 is 15.0 Å². The lowest BCUT2D eigenvalue weighted by Gasteiger charge is -2.18. The van der Waals surface area contributed by atoms with Gasteiger partial charge >= 0.3 is 0 Å². The summed E-state index contributed by atoms with van der Waals surface area (Å²) in [5.74, 6) is 0.380. The van der Waals surface area contributed by atoms with E-state index in [0.29, 0.717) is 23.7 Å². The first-order valence-electron chi connectivity index (χ1n) is 7.96. The van der Waals surface area contributed by atoms with E-state index in [0.717, 1.165) is 11.3 Å². The smallest absolute Gasteiger partial charge is 0.261 e. The van der Waals surface area contributed by atoms with Gasteiger partial charge in [0, 0.05) is 26.3 Å². The summed E-state index contributed by atoms with van der Waals surface area (Å²) in [6.07, 6.45) is 0.00216. The first-order chi connectivity index (χ1) is 11.5. The molecule has 2 aromatic carbocycles. The minimum absolute atomic E-state index is 0.144. The van der Waals surface area contributed by atoms with E-state index in [1.54, 1.807) is 12.1 Å². The summed E-state index contributed by atoms with van der Waals surface area (Å²) in [6, 6.07) is 15.2. The van der Waals surface area contributed by atoms with Crippen molar-refractivity contribution in [2.75, 3.05) is 19.0 Å². The van der Waals surface area contributed by atoms with Crippen LogP contribution in [0.1, 0.15) is 18.9 Å². The van der Waals surface area contributed by atoms with Crippen molar-refractivity contribution in [3.8, 4) is 5.75 Å². The lowest BCUT2D eigenvalue weighted by atomic mass is 10.2. The monoisotopic (exact) mass is 346 g/mol. The number of hydrogen-bond donors (Lipinski definition) is 1. The molecule has 2 aromatic rings. The van der Waals surface area contributed by atoms with Crippen molar-refractivity contribution < 1.29 is 9.53 Å². The fourth-order valence-electron chi connectivity index (χ4n) is 2.23. The number of anilines is 1. The molecule has 0 saturated carbocycles. The van der Waals surface area contributed by atoms with Gasteiger partial charge in [-0.2, -0.15) is 0 Å². The molecule has 1 atom stereocenters. The summed E-state index contributed by atoms with van der Waals surface area (Å²) < 4.78 is 5.74. The molecule has 1 unspecified atom stereocenters. The fourth-order valence-corrected chi connectivity index (χ4v) is 2.41. The number of para-hydroxylation sites is 1. The molecule has 0 aromatic heterocycles. The number of rotatable bonds is 7. The van der Waals surface area contributed by atoms with Crippen LogP contribution in [0.25, 0.3) is 0 Å². The first-order valence-corrected chi connectivity index (χ1v) is 8.34. The highest BCUT2D eigenvalue weighted by molar-refractivity contribution is 6.32. The summed E-state index contributed by atoms with van der Waals surface area (Å²) in [5.41, 5.74) is 2.17. The van der Waals surface area contributed by atoms with Crippen molar-refractivity contribution in [1.29, 1.82) is 0 Å². The molecule has 0 saturated heterocycles. The Hall–Kier alpha value is -2.20. The van der Waals surface area contributed by atoms with E-state index in [1.807, 2.05) is 62.3 Å². The van der Waals surface area contributed by atoms with Crippen LogP contribution in [0, 0.1) is 0 Å². The first kappa shape index (κ1) is 18.1. The average Bonchev–Trinajstić information content (AvgIpc) is 2.59. The van der Waals surface area contributed by atoms with E-state index in [9.17, 15) is 4.79 Å². The Morgan fingerprint density at radius 1 is 1.17 bits per heavy atom. The molecule has 0 bridgehead atoms. The normalized spacial score (nSPS) is 11.7. The lowest BCUT2D eigenvalue weighted by Crippen LogP contribution is -2.37. The van der Waals surface area contributed by atoms with Crippen molar-refractivity contribution in [2.45, 2.75) is 26.0 Å². The van der Waals surface area contributed by atoms with E-state index in [4.69, 9.17) is 16.3 Å². The van der Waals surface area contributed by atoms with E-state index in [1.165, 1.54) is 0 Å². The van der Waals surface area contributed by atoms with Crippen molar-refractivity contribution in [2.24, 2.45) is 0 Å². The number of nitrogens with one attached hydrogen (secondary N) is 1. The highest BCUT2D eigenvalue weighted by Gasteiger charge is 2.19. The third kappa shape index (κ3) is 4.90. The third-order valence-electron chi connectivity index (χ3n) is 3.69. The summed E-state index contributed by atoms with van der Waals surface area (Å²) in [4.78, 5) is 14.4. The van der Waals surface area contributed by atoms with Crippen LogP contribution in [0.2, 0.25) is 5.02 Å². The lowest BCUT2D eigenvalue weighted by molar-refractivity contribution is -0.128. The van der Waals surface area contributed by atoms with Gasteiger partial charge in [0.05, 0.1) is 5.02 Å². The maximum atomic E-state index is 12.4. The maximum absolute atomic E-state index is 12.4. The Labute approximate surface area is 148 Å². The third-order valence-corrected chi connectivity index (χ3v) is 4.00. The number of halogens is 1. The highest BCUT2D eigenvalue weighted by atomic mass is 35.5. The Kier molecular flexibility index (Phi) is 6.50. The SMILES string of the molecule is CCC(Oc1ccccc1Cl)C(=O)NCc1ccc(N(C)C)cc1. The van der Waals surface area contributed by atoms with E-state index in [-0.39, 0.29) is 5.91 Å². The van der Waals surface area contributed by atoms with Gasteiger partial charge in [-0.1, -0.05) is 42.8 Å². The van der Waals surface area contributed by atoms with Gasteiger partial charge in [-0.25, -0.2) is 0 Å². The molecule has 128 valence electrons. The molecule has 5 heteroatoms. The van der Waals surface area contributed by atoms with Crippen molar-refractivity contribution in [1.82, 2.24) is 5.32 Å². The molecular formula is C19H23ClN2O2. The fraction of sp³-hybridized carbons (Fsp3) is 0.316. The second-order valence-corrected chi connectivity index (χ2v) is 6.13. The van der Waals surface area contributed by atoms with Crippen molar-refractivity contribution in [3.05, 3.63) is 59.1 Å². The minimum Gasteiger partial charge on any atom is -0.479 e. The van der Waals surface area contributed by atoms with Gasteiger partial charge in [-0.05, 0) is 36.2 Å². The highest BCUT2D eigenvalue weighted by Crippen LogP contribution is 2.24. The van der Waals surface area contributed by atoms with Crippen LogP contribution in [0.3, 0.4) is 0 Å². The predicted octanol–water partition coefficient (Wildman–Crippen LogP) is 3.88. The van der Waals surface area contributed by atoms with Crippen molar-refractivity contribution >= 4 is 23.2 Å². The largest absolute Gasteiger partial charge is 0.479 e. The van der Waals surface area contributed by atoms with E-state index in [2.05, 4.69) is 5.32 Å². The number of benzene rings is 2. The average molecular weight is 347 g/mol. The number of ether oxygens (including phenoxy) is 1. The molecule has 1 N–H and O–H groups in total. The number of carbonyl (C=O) groups excluding carboxylic acids is 1. The van der Waals surface area contributed by atoms with Gasteiger partial charge in [0.25, 0.3) is 5.91 Å². The molecule has 0 aliphatic heterocycles. The molecule has 0 heterocycles. The minimum atomic E-state index is -0.564. The van der Waals surface area contributed by atoms with Crippen LogP contribution in [0.15, 0.2) is 48.5 Å². The Bertz CT molecular complexity index is 671. The molecule has 0 aliphatic rings. The Balaban J connectivity index is 1.93. The van der Waals surface area contributed by atoms with Gasteiger partial charge in [0.1, 0.15) is 5.75 Å². The van der Waals surface area contributed by atoms with Gasteiger partial charge < -0.3 is 15.0 Å².